The fraction of sp³-hybridized carbons (Fsp3) is 1.00. The highest BCUT2D eigenvalue weighted by atomic mass is 16.3. The van der Waals surface area contributed by atoms with Gasteiger partial charge in [-0.15, -0.1) is 0 Å². The average molecular weight is 256 g/mol. The van der Waals surface area contributed by atoms with Crippen LogP contribution in [-0.4, -0.2) is 49.3 Å². The van der Waals surface area contributed by atoms with Crippen LogP contribution in [0.25, 0.3) is 0 Å². The smallest absolute Gasteiger partial charge is 0.0524 e. The Morgan fingerprint density at radius 3 is 2.67 bits per heavy atom. The van der Waals surface area contributed by atoms with E-state index in [0.29, 0.717) is 11.5 Å². The second-order valence-corrected chi connectivity index (χ2v) is 6.81. The van der Waals surface area contributed by atoms with Crippen molar-refractivity contribution >= 4 is 0 Å². The van der Waals surface area contributed by atoms with E-state index >= 15 is 0 Å². The van der Waals surface area contributed by atoms with Crippen LogP contribution in [-0.2, 0) is 0 Å². The van der Waals surface area contributed by atoms with Gasteiger partial charge >= 0.3 is 0 Å². The van der Waals surface area contributed by atoms with E-state index in [1.807, 2.05) is 6.92 Å². The predicted molar refractivity (Wildman–Crippen MR) is 77.8 cm³/mol. The number of hydrogen-bond acceptors (Lipinski definition) is 3. The molecule has 1 rings (SSSR count). The van der Waals surface area contributed by atoms with E-state index in [9.17, 15) is 5.11 Å². The summed E-state index contributed by atoms with van der Waals surface area (Å²) in [5.74, 6) is 0.734. The van der Waals surface area contributed by atoms with Crippen LogP contribution in [0, 0.1) is 11.3 Å². The molecule has 0 aromatic heterocycles. The van der Waals surface area contributed by atoms with Crippen LogP contribution in [0.1, 0.15) is 46.5 Å². The Bertz CT molecular complexity index is 241. The van der Waals surface area contributed by atoms with Crippen molar-refractivity contribution in [3.05, 3.63) is 0 Å². The quantitative estimate of drug-likeness (QED) is 0.764. The van der Waals surface area contributed by atoms with Crippen LogP contribution in [0.5, 0.6) is 0 Å². The summed E-state index contributed by atoms with van der Waals surface area (Å²) in [5.41, 5.74) is 0.406. The highest BCUT2D eigenvalue weighted by Gasteiger charge is 2.38. The summed E-state index contributed by atoms with van der Waals surface area (Å²) in [7, 11) is 4.28. The second kappa shape index (κ2) is 6.88. The Hall–Kier alpha value is -0.120. The Morgan fingerprint density at radius 1 is 1.44 bits per heavy atom. The molecule has 3 nitrogen and oxygen atoms in total. The lowest BCUT2D eigenvalue weighted by Gasteiger charge is -2.45. The van der Waals surface area contributed by atoms with Gasteiger partial charge in [0.2, 0.25) is 0 Å². The first-order valence-electron chi connectivity index (χ1n) is 7.40. The minimum Gasteiger partial charge on any atom is -0.393 e. The number of hydrogen-bond donors (Lipinski definition) is 2. The first-order valence-corrected chi connectivity index (χ1v) is 7.40. The molecule has 2 N–H and O–H groups in total. The molecule has 0 aliphatic heterocycles. The molecule has 0 amide bonds. The molecule has 1 saturated carbocycles. The van der Waals surface area contributed by atoms with E-state index in [4.69, 9.17) is 0 Å². The standard InChI is InChI=1S/C15H32N2O/c1-12(18)8-10-17(5)11-13-7-6-9-15(2,3)14(13)16-4/h12-14,16,18H,6-11H2,1-5H3. The molecule has 3 atom stereocenters. The van der Waals surface area contributed by atoms with Crippen molar-refractivity contribution in [1.29, 1.82) is 0 Å². The summed E-state index contributed by atoms with van der Waals surface area (Å²) < 4.78 is 0. The van der Waals surface area contributed by atoms with Crippen LogP contribution in [0.3, 0.4) is 0 Å². The SMILES string of the molecule is CNC1C(CN(C)CCC(C)O)CCCC1(C)C. The van der Waals surface area contributed by atoms with Crippen LogP contribution < -0.4 is 5.32 Å². The lowest BCUT2D eigenvalue weighted by Crippen LogP contribution is -2.51. The highest BCUT2D eigenvalue weighted by molar-refractivity contribution is 4.93. The van der Waals surface area contributed by atoms with Gasteiger partial charge in [0, 0.05) is 19.1 Å². The highest BCUT2D eigenvalue weighted by Crippen LogP contribution is 2.39. The second-order valence-electron chi connectivity index (χ2n) is 6.81. The lowest BCUT2D eigenvalue weighted by atomic mass is 9.68. The monoisotopic (exact) mass is 256 g/mol. The molecule has 0 aromatic rings. The molecule has 1 fully saturated rings. The topological polar surface area (TPSA) is 35.5 Å². The molecule has 0 aromatic carbocycles. The van der Waals surface area contributed by atoms with Crippen LogP contribution >= 0.6 is 0 Å². The van der Waals surface area contributed by atoms with Gasteiger partial charge in [0.1, 0.15) is 0 Å². The van der Waals surface area contributed by atoms with Gasteiger partial charge in [0.25, 0.3) is 0 Å². The minimum absolute atomic E-state index is 0.185. The molecule has 108 valence electrons. The van der Waals surface area contributed by atoms with Gasteiger partial charge < -0.3 is 15.3 Å². The average Bonchev–Trinajstić information content (AvgIpc) is 2.25. The molecule has 18 heavy (non-hydrogen) atoms. The maximum atomic E-state index is 9.35. The van der Waals surface area contributed by atoms with Crippen molar-refractivity contribution in [3.63, 3.8) is 0 Å². The van der Waals surface area contributed by atoms with E-state index in [2.05, 4.69) is 38.2 Å². The first-order chi connectivity index (χ1) is 8.36. The van der Waals surface area contributed by atoms with Crippen molar-refractivity contribution in [3.8, 4) is 0 Å². The number of aliphatic hydroxyl groups is 1. The summed E-state index contributed by atoms with van der Waals surface area (Å²) in [6.45, 7) is 8.77. The van der Waals surface area contributed by atoms with Gasteiger partial charge in [-0.3, -0.25) is 0 Å². The Balaban J connectivity index is 2.48. The third-order valence-electron chi connectivity index (χ3n) is 4.50. The van der Waals surface area contributed by atoms with Gasteiger partial charge in [0.15, 0.2) is 0 Å². The molecule has 3 unspecified atom stereocenters. The summed E-state index contributed by atoms with van der Waals surface area (Å²) in [4.78, 5) is 2.38. The van der Waals surface area contributed by atoms with Crippen LogP contribution in [0.15, 0.2) is 0 Å². The van der Waals surface area contributed by atoms with Crippen molar-refractivity contribution in [2.24, 2.45) is 11.3 Å². The van der Waals surface area contributed by atoms with E-state index in [-0.39, 0.29) is 6.10 Å². The zero-order valence-corrected chi connectivity index (χ0v) is 12.9. The minimum atomic E-state index is -0.185. The molecule has 0 saturated heterocycles. The molecule has 0 heterocycles. The molecule has 1 aliphatic rings. The zero-order chi connectivity index (χ0) is 13.8. The Labute approximate surface area is 113 Å². The molecule has 0 bridgehead atoms. The fourth-order valence-electron chi connectivity index (χ4n) is 3.50. The number of nitrogens with one attached hydrogen (secondary N) is 1. The largest absolute Gasteiger partial charge is 0.393 e. The van der Waals surface area contributed by atoms with Crippen molar-refractivity contribution in [2.45, 2.75) is 58.6 Å². The van der Waals surface area contributed by atoms with Gasteiger partial charge in [-0.1, -0.05) is 20.3 Å². The molecular formula is C15H32N2O. The van der Waals surface area contributed by atoms with Crippen molar-refractivity contribution in [2.75, 3.05) is 27.2 Å². The van der Waals surface area contributed by atoms with E-state index < -0.39 is 0 Å². The number of aliphatic hydroxyl groups excluding tert-OH is 1. The van der Waals surface area contributed by atoms with E-state index in [1.54, 1.807) is 0 Å². The lowest BCUT2D eigenvalue weighted by molar-refractivity contribution is 0.0849. The van der Waals surface area contributed by atoms with Gasteiger partial charge in [0.05, 0.1) is 6.10 Å². The van der Waals surface area contributed by atoms with Crippen LogP contribution in [0.4, 0.5) is 0 Å². The fourth-order valence-corrected chi connectivity index (χ4v) is 3.50. The van der Waals surface area contributed by atoms with Gasteiger partial charge in [-0.25, -0.2) is 0 Å². The summed E-state index contributed by atoms with van der Waals surface area (Å²) in [6, 6.07) is 0.611. The van der Waals surface area contributed by atoms with Gasteiger partial charge in [-0.2, -0.15) is 0 Å². The first kappa shape index (κ1) is 15.9. The number of rotatable bonds is 6. The maximum absolute atomic E-state index is 9.35. The van der Waals surface area contributed by atoms with Crippen molar-refractivity contribution in [1.82, 2.24) is 10.2 Å². The summed E-state index contributed by atoms with van der Waals surface area (Å²) >= 11 is 0. The molecule has 3 heteroatoms. The molecule has 1 aliphatic carbocycles. The normalized spacial score (nSPS) is 29.5. The zero-order valence-electron chi connectivity index (χ0n) is 12.9. The Morgan fingerprint density at radius 2 is 2.11 bits per heavy atom. The third-order valence-corrected chi connectivity index (χ3v) is 4.50. The summed E-state index contributed by atoms with van der Waals surface area (Å²) in [5, 5.41) is 12.9. The molecular weight excluding hydrogens is 224 g/mol. The molecule has 0 spiro atoms. The maximum Gasteiger partial charge on any atom is 0.0524 e. The third kappa shape index (κ3) is 4.52. The van der Waals surface area contributed by atoms with Gasteiger partial charge in [-0.05, 0) is 51.6 Å². The van der Waals surface area contributed by atoms with E-state index in [1.165, 1.54) is 19.3 Å². The number of nitrogens with zero attached hydrogens (tertiary/aromatic N) is 1. The predicted octanol–water partition coefficient (Wildman–Crippen LogP) is 2.10. The molecule has 0 radical (unpaired) electrons. The van der Waals surface area contributed by atoms with Crippen LogP contribution in [0.2, 0.25) is 0 Å². The van der Waals surface area contributed by atoms with Crippen molar-refractivity contribution < 1.29 is 5.11 Å². The Kier molecular flexibility index (Phi) is 6.09. The van der Waals surface area contributed by atoms with E-state index in [0.717, 1.165) is 25.4 Å². The summed E-state index contributed by atoms with van der Waals surface area (Å²) in [6.07, 6.45) is 4.69.